The first-order valence-electron chi connectivity index (χ1n) is 3.13. The van der Waals surface area contributed by atoms with E-state index >= 15 is 0 Å². The van der Waals surface area contributed by atoms with Crippen LogP contribution in [0.25, 0.3) is 0 Å². The van der Waals surface area contributed by atoms with Gasteiger partial charge in [-0.25, -0.2) is 0 Å². The highest BCUT2D eigenvalue weighted by molar-refractivity contribution is 7.08. The third-order valence-electron chi connectivity index (χ3n) is 1.38. The average Bonchev–Trinajstić information content (AvgIpc) is 2.38. The summed E-state index contributed by atoms with van der Waals surface area (Å²) in [4.78, 5) is 10.4. The molecule has 5 heteroatoms. The molecule has 0 fully saturated rings. The third kappa shape index (κ3) is 1.62. The second kappa shape index (κ2) is 3.64. The SMILES string of the molecule is CO[C@H](C(=O)[O-])c1ccsc1F. The zero-order chi connectivity index (χ0) is 9.14. The predicted octanol–water partition coefficient (Wildman–Crippen LogP) is 0.325. The fraction of sp³-hybridized carbons (Fsp3) is 0.286. The molecule has 1 atom stereocenters. The number of methoxy groups -OCH3 is 1. The van der Waals surface area contributed by atoms with Crippen LogP contribution in [0, 0.1) is 5.13 Å². The van der Waals surface area contributed by atoms with E-state index in [1.807, 2.05) is 0 Å². The van der Waals surface area contributed by atoms with Crippen molar-refractivity contribution in [3.63, 3.8) is 0 Å². The number of hydrogen-bond acceptors (Lipinski definition) is 4. The summed E-state index contributed by atoms with van der Waals surface area (Å²) >= 11 is 0.828. The molecule has 0 aliphatic carbocycles. The molecule has 3 nitrogen and oxygen atoms in total. The quantitative estimate of drug-likeness (QED) is 0.688. The number of rotatable bonds is 3. The lowest BCUT2D eigenvalue weighted by Gasteiger charge is -2.14. The van der Waals surface area contributed by atoms with Crippen LogP contribution in [0.2, 0.25) is 0 Å². The Kier molecular flexibility index (Phi) is 2.78. The molecule has 1 aromatic heterocycles. The van der Waals surface area contributed by atoms with Crippen LogP contribution in [-0.2, 0) is 9.53 Å². The number of carbonyl (C=O) groups is 1. The number of hydrogen-bond donors (Lipinski definition) is 0. The maximum Gasteiger partial charge on any atom is 0.182 e. The van der Waals surface area contributed by atoms with Crippen molar-refractivity contribution in [1.82, 2.24) is 0 Å². The van der Waals surface area contributed by atoms with Gasteiger partial charge in [0, 0.05) is 12.7 Å². The Bertz CT molecular complexity index is 284. The summed E-state index contributed by atoms with van der Waals surface area (Å²) in [6.07, 6.45) is -1.31. The number of thiophene rings is 1. The molecular formula is C7H6FO3S-. The van der Waals surface area contributed by atoms with Gasteiger partial charge in [0.15, 0.2) is 5.13 Å². The lowest BCUT2D eigenvalue weighted by molar-refractivity contribution is -0.316. The van der Waals surface area contributed by atoms with Gasteiger partial charge < -0.3 is 14.6 Å². The molecule has 0 radical (unpaired) electrons. The number of carbonyl (C=O) groups excluding carboxylic acids is 1. The van der Waals surface area contributed by atoms with Crippen LogP contribution < -0.4 is 5.11 Å². The van der Waals surface area contributed by atoms with Gasteiger partial charge in [0.2, 0.25) is 0 Å². The van der Waals surface area contributed by atoms with Crippen molar-refractivity contribution in [2.45, 2.75) is 6.10 Å². The molecule has 1 rings (SSSR count). The Balaban J connectivity index is 2.94. The van der Waals surface area contributed by atoms with Crippen LogP contribution in [0.15, 0.2) is 11.4 Å². The van der Waals surface area contributed by atoms with Gasteiger partial charge in [-0.2, -0.15) is 4.39 Å². The summed E-state index contributed by atoms with van der Waals surface area (Å²) in [5, 5.41) is 11.3. The minimum Gasteiger partial charge on any atom is -0.547 e. The molecule has 0 aromatic carbocycles. The topological polar surface area (TPSA) is 49.4 Å². The Morgan fingerprint density at radius 3 is 2.83 bits per heavy atom. The molecule has 12 heavy (non-hydrogen) atoms. The standard InChI is InChI=1S/C7H7FO3S/c1-11-5(7(9)10)4-2-3-12-6(4)8/h2-3,5H,1H3,(H,9,10)/p-1/t5-/m0/s1. The first-order chi connectivity index (χ1) is 5.66. The van der Waals surface area contributed by atoms with E-state index in [1.165, 1.54) is 18.6 Å². The number of aliphatic carboxylic acids is 1. The Morgan fingerprint density at radius 1 is 1.83 bits per heavy atom. The van der Waals surface area contributed by atoms with Crippen LogP contribution in [0.5, 0.6) is 0 Å². The zero-order valence-electron chi connectivity index (χ0n) is 6.24. The second-order valence-corrected chi connectivity index (χ2v) is 2.95. The van der Waals surface area contributed by atoms with Gasteiger partial charge in [0.05, 0.1) is 5.97 Å². The molecular weight excluding hydrogens is 183 g/mol. The van der Waals surface area contributed by atoms with E-state index in [4.69, 9.17) is 0 Å². The highest BCUT2D eigenvalue weighted by atomic mass is 32.1. The van der Waals surface area contributed by atoms with Crippen molar-refractivity contribution in [1.29, 1.82) is 0 Å². The lowest BCUT2D eigenvalue weighted by atomic mass is 10.2. The maximum absolute atomic E-state index is 12.8. The van der Waals surface area contributed by atoms with Gasteiger partial charge >= 0.3 is 0 Å². The van der Waals surface area contributed by atoms with Crippen molar-refractivity contribution in [3.8, 4) is 0 Å². The van der Waals surface area contributed by atoms with Gasteiger partial charge in [-0.1, -0.05) is 0 Å². The molecule has 0 unspecified atom stereocenters. The molecule has 0 aliphatic rings. The molecule has 0 N–H and O–H groups in total. The lowest BCUT2D eigenvalue weighted by Crippen LogP contribution is -2.30. The van der Waals surface area contributed by atoms with E-state index in [-0.39, 0.29) is 5.56 Å². The molecule has 0 spiro atoms. The Hall–Kier alpha value is -0.940. The summed E-state index contributed by atoms with van der Waals surface area (Å²) in [7, 11) is 1.19. The average molecular weight is 189 g/mol. The molecule has 0 saturated carbocycles. The highest BCUT2D eigenvalue weighted by Gasteiger charge is 2.16. The van der Waals surface area contributed by atoms with E-state index in [2.05, 4.69) is 4.74 Å². The molecule has 0 saturated heterocycles. The van der Waals surface area contributed by atoms with Gasteiger partial charge in [-0.05, 0) is 11.4 Å². The van der Waals surface area contributed by atoms with Gasteiger partial charge in [0.1, 0.15) is 6.10 Å². The van der Waals surface area contributed by atoms with Crippen LogP contribution in [-0.4, -0.2) is 13.1 Å². The van der Waals surface area contributed by atoms with Crippen LogP contribution >= 0.6 is 11.3 Å². The van der Waals surface area contributed by atoms with E-state index < -0.39 is 17.2 Å². The van der Waals surface area contributed by atoms with Crippen molar-refractivity contribution < 1.29 is 19.0 Å². The van der Waals surface area contributed by atoms with Crippen LogP contribution in [0.1, 0.15) is 11.7 Å². The number of halogens is 1. The fourth-order valence-electron chi connectivity index (χ4n) is 0.841. The Morgan fingerprint density at radius 2 is 2.50 bits per heavy atom. The summed E-state index contributed by atoms with van der Waals surface area (Å²) in [5.74, 6) is -1.44. The first-order valence-corrected chi connectivity index (χ1v) is 4.01. The monoisotopic (exact) mass is 189 g/mol. The maximum atomic E-state index is 12.8. The van der Waals surface area contributed by atoms with E-state index in [9.17, 15) is 14.3 Å². The summed E-state index contributed by atoms with van der Waals surface area (Å²) in [6.45, 7) is 0. The minimum absolute atomic E-state index is 0.0162. The zero-order valence-corrected chi connectivity index (χ0v) is 7.06. The third-order valence-corrected chi connectivity index (χ3v) is 2.09. The van der Waals surface area contributed by atoms with Gasteiger partial charge in [-0.3, -0.25) is 0 Å². The largest absolute Gasteiger partial charge is 0.547 e. The van der Waals surface area contributed by atoms with Crippen molar-refractivity contribution in [2.24, 2.45) is 0 Å². The highest BCUT2D eigenvalue weighted by Crippen LogP contribution is 2.23. The van der Waals surface area contributed by atoms with Gasteiger partial charge in [0.25, 0.3) is 0 Å². The molecule has 1 heterocycles. The van der Waals surface area contributed by atoms with E-state index in [1.54, 1.807) is 0 Å². The summed E-state index contributed by atoms with van der Waals surface area (Å²) in [6, 6.07) is 1.37. The molecule has 1 aromatic rings. The summed E-state index contributed by atoms with van der Waals surface area (Å²) < 4.78 is 17.3. The second-order valence-electron chi connectivity index (χ2n) is 2.08. The van der Waals surface area contributed by atoms with Crippen molar-refractivity contribution in [3.05, 3.63) is 22.1 Å². The Labute approximate surface area is 72.4 Å². The normalized spacial score (nSPS) is 12.8. The van der Waals surface area contributed by atoms with Gasteiger partial charge in [-0.15, -0.1) is 11.3 Å². The molecule has 66 valence electrons. The molecule has 0 aliphatic heterocycles. The number of carboxylic acids is 1. The summed E-state index contributed by atoms with van der Waals surface area (Å²) in [5.41, 5.74) is 0.0162. The van der Waals surface area contributed by atoms with Crippen molar-refractivity contribution >= 4 is 17.3 Å². The number of carboxylic acid groups (broad SMARTS) is 1. The van der Waals surface area contributed by atoms with E-state index in [0.717, 1.165) is 11.3 Å². The minimum atomic E-state index is -1.44. The van der Waals surface area contributed by atoms with Crippen LogP contribution in [0.4, 0.5) is 4.39 Å². The smallest absolute Gasteiger partial charge is 0.182 e. The fourth-order valence-corrected chi connectivity index (χ4v) is 1.49. The first kappa shape index (κ1) is 9.15. The molecule has 0 amide bonds. The van der Waals surface area contributed by atoms with Crippen LogP contribution in [0.3, 0.4) is 0 Å². The van der Waals surface area contributed by atoms with Crippen molar-refractivity contribution in [2.75, 3.05) is 7.11 Å². The van der Waals surface area contributed by atoms with E-state index in [0.29, 0.717) is 0 Å². The predicted molar refractivity (Wildman–Crippen MR) is 39.0 cm³/mol. The molecule has 0 bridgehead atoms. The number of ether oxygens (including phenoxy) is 1.